The van der Waals surface area contributed by atoms with Crippen molar-refractivity contribution in [2.75, 3.05) is 33.4 Å². The Bertz CT molecular complexity index is 994. The zero-order chi connectivity index (χ0) is 23.4. The fraction of sp³-hybridized carbons (Fsp3) is 0.400. The Hall–Kier alpha value is -3.39. The first-order chi connectivity index (χ1) is 16.0. The molecule has 2 aromatic rings. The summed E-state index contributed by atoms with van der Waals surface area (Å²) in [4.78, 5) is 38.1. The van der Waals surface area contributed by atoms with Crippen LogP contribution in [0.2, 0.25) is 0 Å². The molecule has 4 rings (SSSR count). The number of amides is 2. The second kappa shape index (κ2) is 10.0. The van der Waals surface area contributed by atoms with Gasteiger partial charge in [0.1, 0.15) is 12.6 Å². The Kier molecular flexibility index (Phi) is 6.93. The minimum absolute atomic E-state index is 0.00310. The molecule has 2 unspecified atom stereocenters. The van der Waals surface area contributed by atoms with Crippen molar-refractivity contribution >= 4 is 18.0 Å². The number of carbonyl (C=O) groups is 3. The largest absolute Gasteiger partial charge is 0.481 e. The molecule has 0 spiro atoms. The number of likely N-dealkylation sites (tertiary alicyclic amines) is 1. The van der Waals surface area contributed by atoms with Crippen molar-refractivity contribution in [1.29, 1.82) is 0 Å². The van der Waals surface area contributed by atoms with Gasteiger partial charge in [-0.3, -0.25) is 9.59 Å². The first-order valence-corrected chi connectivity index (χ1v) is 11.1. The van der Waals surface area contributed by atoms with E-state index in [1.807, 2.05) is 36.4 Å². The zero-order valence-electron chi connectivity index (χ0n) is 18.5. The minimum atomic E-state index is -0.894. The highest BCUT2D eigenvalue weighted by Crippen LogP contribution is 2.44. The van der Waals surface area contributed by atoms with Crippen LogP contribution in [0.1, 0.15) is 29.9 Å². The molecule has 0 aromatic heterocycles. The molecule has 1 fully saturated rings. The van der Waals surface area contributed by atoms with Crippen LogP contribution in [0.5, 0.6) is 0 Å². The van der Waals surface area contributed by atoms with E-state index in [4.69, 9.17) is 14.6 Å². The highest BCUT2D eigenvalue weighted by Gasteiger charge is 2.34. The normalized spacial score (nSPS) is 17.8. The number of ether oxygens (including phenoxy) is 2. The van der Waals surface area contributed by atoms with E-state index in [-0.39, 0.29) is 37.4 Å². The molecule has 1 heterocycles. The number of methoxy groups -OCH3 is 1. The molecule has 0 bridgehead atoms. The lowest BCUT2D eigenvalue weighted by Gasteiger charge is -2.24. The van der Waals surface area contributed by atoms with Crippen LogP contribution < -0.4 is 5.32 Å². The van der Waals surface area contributed by atoms with E-state index in [9.17, 15) is 14.4 Å². The molecule has 2 amide bonds. The Morgan fingerprint density at radius 1 is 1.09 bits per heavy atom. The number of nitrogens with zero attached hydrogens (tertiary/aromatic N) is 1. The van der Waals surface area contributed by atoms with E-state index in [0.717, 1.165) is 22.3 Å². The van der Waals surface area contributed by atoms with Gasteiger partial charge >= 0.3 is 12.1 Å². The summed E-state index contributed by atoms with van der Waals surface area (Å²) in [6.45, 7) is 0.975. The Labute approximate surface area is 192 Å². The summed E-state index contributed by atoms with van der Waals surface area (Å²) in [5.74, 6) is -1.32. The topological polar surface area (TPSA) is 105 Å². The highest BCUT2D eigenvalue weighted by molar-refractivity contribution is 5.86. The molecule has 2 N–H and O–H groups in total. The number of carbonyl (C=O) groups excluding carboxylic acids is 2. The summed E-state index contributed by atoms with van der Waals surface area (Å²) in [5.41, 5.74) is 4.49. The van der Waals surface area contributed by atoms with Crippen LogP contribution in [0.15, 0.2) is 48.5 Å². The number of carboxylic acids is 1. The average molecular weight is 453 g/mol. The van der Waals surface area contributed by atoms with Gasteiger partial charge in [0.25, 0.3) is 0 Å². The Morgan fingerprint density at radius 2 is 1.73 bits per heavy atom. The van der Waals surface area contributed by atoms with E-state index < -0.39 is 18.1 Å². The molecule has 33 heavy (non-hydrogen) atoms. The standard InChI is InChI=1S/C25H28N2O6/c1-32-15-22(24(30)27-11-10-16(13-27)12-23(28)29)26-25(31)33-14-21-19-8-4-2-6-17(19)18-7-3-5-9-20(18)21/h2-9,16,21-22H,10-15H2,1H3,(H,26,31)(H,28,29). The zero-order valence-corrected chi connectivity index (χ0v) is 18.5. The van der Waals surface area contributed by atoms with Crippen LogP contribution >= 0.6 is 0 Å². The number of fused-ring (bicyclic) bond motifs is 3. The van der Waals surface area contributed by atoms with Gasteiger partial charge in [0.05, 0.1) is 6.61 Å². The second-order valence-corrected chi connectivity index (χ2v) is 8.51. The summed E-state index contributed by atoms with van der Waals surface area (Å²) in [5, 5.41) is 11.6. The fourth-order valence-corrected chi connectivity index (χ4v) is 4.79. The van der Waals surface area contributed by atoms with Gasteiger partial charge in [0.15, 0.2) is 0 Å². The van der Waals surface area contributed by atoms with Gasteiger partial charge < -0.3 is 24.8 Å². The van der Waals surface area contributed by atoms with E-state index >= 15 is 0 Å². The maximum atomic E-state index is 12.9. The van der Waals surface area contributed by atoms with Crippen LogP contribution in [0.25, 0.3) is 11.1 Å². The summed E-state index contributed by atoms with van der Waals surface area (Å²) in [6.07, 6.45) is -0.0325. The van der Waals surface area contributed by atoms with Crippen molar-refractivity contribution < 1.29 is 29.0 Å². The summed E-state index contributed by atoms with van der Waals surface area (Å²) in [7, 11) is 1.46. The fourth-order valence-electron chi connectivity index (χ4n) is 4.79. The third kappa shape index (κ3) is 5.01. The molecule has 174 valence electrons. The molecule has 1 aliphatic heterocycles. The maximum Gasteiger partial charge on any atom is 0.407 e. The number of benzene rings is 2. The molecule has 2 aliphatic rings. The SMILES string of the molecule is COCC(NC(=O)OCC1c2ccccc2-c2ccccc21)C(=O)N1CCC(CC(=O)O)C1. The number of carboxylic acid groups (broad SMARTS) is 1. The smallest absolute Gasteiger partial charge is 0.407 e. The molecule has 2 atom stereocenters. The van der Waals surface area contributed by atoms with Gasteiger partial charge in [-0.15, -0.1) is 0 Å². The van der Waals surface area contributed by atoms with Crippen molar-refractivity contribution in [3.05, 3.63) is 59.7 Å². The van der Waals surface area contributed by atoms with Crippen molar-refractivity contribution in [2.45, 2.75) is 24.8 Å². The maximum absolute atomic E-state index is 12.9. The van der Waals surface area contributed by atoms with Crippen LogP contribution in [0.3, 0.4) is 0 Å². The molecule has 1 saturated heterocycles. The van der Waals surface area contributed by atoms with Crippen molar-refractivity contribution in [3.63, 3.8) is 0 Å². The molecule has 8 heteroatoms. The van der Waals surface area contributed by atoms with Gasteiger partial charge in [-0.2, -0.15) is 0 Å². The summed E-state index contributed by atoms with van der Waals surface area (Å²) >= 11 is 0. The average Bonchev–Trinajstić information content (AvgIpc) is 3.39. The summed E-state index contributed by atoms with van der Waals surface area (Å²) < 4.78 is 10.7. The predicted octanol–water partition coefficient (Wildman–Crippen LogP) is 2.86. The quantitative estimate of drug-likeness (QED) is 0.638. The van der Waals surface area contributed by atoms with Gasteiger partial charge in [0, 0.05) is 32.5 Å². The van der Waals surface area contributed by atoms with Crippen molar-refractivity contribution in [3.8, 4) is 11.1 Å². The number of hydrogen-bond donors (Lipinski definition) is 2. The third-order valence-corrected chi connectivity index (χ3v) is 6.33. The van der Waals surface area contributed by atoms with Crippen LogP contribution in [0.4, 0.5) is 4.79 Å². The first-order valence-electron chi connectivity index (χ1n) is 11.1. The van der Waals surface area contributed by atoms with Crippen molar-refractivity contribution in [1.82, 2.24) is 10.2 Å². The van der Waals surface area contributed by atoms with Crippen LogP contribution in [-0.2, 0) is 19.1 Å². The van der Waals surface area contributed by atoms with Gasteiger partial charge in [-0.25, -0.2) is 4.79 Å². The summed E-state index contributed by atoms with van der Waals surface area (Å²) in [6, 6.07) is 15.2. The third-order valence-electron chi connectivity index (χ3n) is 6.33. The molecule has 8 nitrogen and oxygen atoms in total. The van der Waals surface area contributed by atoms with Gasteiger partial charge in [-0.1, -0.05) is 48.5 Å². The van der Waals surface area contributed by atoms with Crippen molar-refractivity contribution in [2.24, 2.45) is 5.92 Å². The molecular formula is C25H28N2O6. The Morgan fingerprint density at radius 3 is 2.33 bits per heavy atom. The molecule has 1 aliphatic carbocycles. The number of hydrogen-bond acceptors (Lipinski definition) is 5. The Balaban J connectivity index is 1.37. The number of nitrogens with one attached hydrogen (secondary N) is 1. The van der Waals surface area contributed by atoms with E-state index in [1.54, 1.807) is 4.90 Å². The second-order valence-electron chi connectivity index (χ2n) is 8.51. The number of rotatable bonds is 8. The highest BCUT2D eigenvalue weighted by atomic mass is 16.5. The van der Waals surface area contributed by atoms with Crippen LogP contribution in [0, 0.1) is 5.92 Å². The lowest BCUT2D eigenvalue weighted by atomic mass is 9.98. The lowest BCUT2D eigenvalue weighted by molar-refractivity contribution is -0.139. The van der Waals surface area contributed by atoms with Gasteiger partial charge in [-0.05, 0) is 34.6 Å². The van der Waals surface area contributed by atoms with Crippen LogP contribution in [-0.4, -0.2) is 67.4 Å². The lowest BCUT2D eigenvalue weighted by Crippen LogP contribution is -2.50. The molecular weight excluding hydrogens is 424 g/mol. The monoisotopic (exact) mass is 452 g/mol. The number of alkyl carbamates (subject to hydrolysis) is 1. The molecule has 0 saturated carbocycles. The first kappa shape index (κ1) is 22.8. The van der Waals surface area contributed by atoms with E-state index in [1.165, 1.54) is 7.11 Å². The van der Waals surface area contributed by atoms with Gasteiger partial charge in [0.2, 0.25) is 5.91 Å². The minimum Gasteiger partial charge on any atom is -0.481 e. The van der Waals surface area contributed by atoms with E-state index in [2.05, 4.69) is 17.4 Å². The predicted molar refractivity (Wildman–Crippen MR) is 121 cm³/mol. The van der Waals surface area contributed by atoms with E-state index in [0.29, 0.717) is 19.5 Å². The number of aliphatic carboxylic acids is 1. The molecule has 0 radical (unpaired) electrons. The molecule has 2 aromatic carbocycles.